The molecule has 0 saturated carbocycles. The molecule has 2 rings (SSSR count). The molecule has 1 amide bonds. The van der Waals surface area contributed by atoms with Crippen molar-refractivity contribution in [2.45, 2.75) is 6.92 Å². The van der Waals surface area contributed by atoms with Crippen molar-refractivity contribution >= 4 is 11.6 Å². The van der Waals surface area contributed by atoms with E-state index in [0.717, 1.165) is 5.69 Å². The van der Waals surface area contributed by atoms with Gasteiger partial charge in [0.05, 0.1) is 11.4 Å². The molecule has 5 heteroatoms. The van der Waals surface area contributed by atoms with E-state index < -0.39 is 0 Å². The third-order valence-corrected chi connectivity index (χ3v) is 2.37. The molecular formula is C12H12FN3O. The van der Waals surface area contributed by atoms with E-state index in [0.29, 0.717) is 11.3 Å². The fraction of sp³-hybridized carbons (Fsp3) is 0.167. The van der Waals surface area contributed by atoms with E-state index in [1.807, 2.05) is 0 Å². The van der Waals surface area contributed by atoms with Gasteiger partial charge in [-0.15, -0.1) is 0 Å². The molecule has 0 aliphatic heterocycles. The summed E-state index contributed by atoms with van der Waals surface area (Å²) in [7, 11) is 1.78. The lowest BCUT2D eigenvalue weighted by atomic mass is 10.2. The van der Waals surface area contributed by atoms with Crippen LogP contribution in [0, 0.1) is 12.7 Å². The molecule has 17 heavy (non-hydrogen) atoms. The second-order valence-corrected chi connectivity index (χ2v) is 3.76. The van der Waals surface area contributed by atoms with E-state index >= 15 is 0 Å². The van der Waals surface area contributed by atoms with E-state index in [4.69, 9.17) is 0 Å². The summed E-state index contributed by atoms with van der Waals surface area (Å²) in [6.45, 7) is 1.81. The van der Waals surface area contributed by atoms with Gasteiger partial charge in [-0.05, 0) is 31.2 Å². The van der Waals surface area contributed by atoms with Crippen LogP contribution in [-0.4, -0.2) is 15.7 Å². The van der Waals surface area contributed by atoms with Crippen LogP contribution in [0.2, 0.25) is 0 Å². The van der Waals surface area contributed by atoms with Crippen LogP contribution >= 0.6 is 0 Å². The third kappa shape index (κ3) is 2.50. The topological polar surface area (TPSA) is 46.9 Å². The van der Waals surface area contributed by atoms with Gasteiger partial charge in [-0.3, -0.25) is 9.48 Å². The van der Waals surface area contributed by atoms with Gasteiger partial charge in [0.15, 0.2) is 0 Å². The first kappa shape index (κ1) is 11.3. The van der Waals surface area contributed by atoms with E-state index in [1.165, 1.54) is 24.3 Å². The van der Waals surface area contributed by atoms with Gasteiger partial charge in [0.2, 0.25) is 0 Å². The number of rotatable bonds is 2. The van der Waals surface area contributed by atoms with Crippen molar-refractivity contribution in [2.75, 3.05) is 5.32 Å². The van der Waals surface area contributed by atoms with Gasteiger partial charge in [0, 0.05) is 18.8 Å². The third-order valence-electron chi connectivity index (χ3n) is 2.37. The van der Waals surface area contributed by atoms with Gasteiger partial charge in [-0.1, -0.05) is 0 Å². The first-order chi connectivity index (χ1) is 8.06. The molecule has 4 nitrogen and oxygen atoms in total. The van der Waals surface area contributed by atoms with Crippen LogP contribution in [0.5, 0.6) is 0 Å². The maximum Gasteiger partial charge on any atom is 0.255 e. The monoisotopic (exact) mass is 233 g/mol. The van der Waals surface area contributed by atoms with Gasteiger partial charge in [0.25, 0.3) is 5.91 Å². The fourth-order valence-electron chi connectivity index (χ4n) is 1.52. The minimum absolute atomic E-state index is 0.277. The highest BCUT2D eigenvalue weighted by atomic mass is 19.1. The molecule has 1 N–H and O–H groups in total. The number of nitrogens with zero attached hydrogens (tertiary/aromatic N) is 2. The first-order valence-corrected chi connectivity index (χ1v) is 5.13. The summed E-state index contributed by atoms with van der Waals surface area (Å²) >= 11 is 0. The maximum atomic E-state index is 12.7. The minimum atomic E-state index is -0.362. The number of aromatic nitrogens is 2. The van der Waals surface area contributed by atoms with Crippen molar-refractivity contribution in [1.29, 1.82) is 0 Å². The van der Waals surface area contributed by atoms with Gasteiger partial charge < -0.3 is 5.32 Å². The zero-order chi connectivity index (χ0) is 12.4. The lowest BCUT2D eigenvalue weighted by Gasteiger charge is -2.03. The van der Waals surface area contributed by atoms with Crippen molar-refractivity contribution in [1.82, 2.24) is 9.78 Å². The molecule has 0 spiro atoms. The number of aryl methyl sites for hydroxylation is 2. The Kier molecular flexibility index (Phi) is 2.91. The fourth-order valence-corrected chi connectivity index (χ4v) is 1.52. The molecule has 0 atom stereocenters. The highest BCUT2D eigenvalue weighted by Crippen LogP contribution is 2.13. The molecule has 0 aliphatic rings. The number of hydrogen-bond acceptors (Lipinski definition) is 2. The summed E-state index contributed by atoms with van der Waals surface area (Å²) in [5, 5.41) is 6.84. The molecule has 0 unspecified atom stereocenters. The van der Waals surface area contributed by atoms with Gasteiger partial charge in [-0.25, -0.2) is 4.39 Å². The molecule has 88 valence electrons. The molecule has 0 saturated heterocycles. The van der Waals surface area contributed by atoms with Crippen molar-refractivity contribution < 1.29 is 9.18 Å². The van der Waals surface area contributed by atoms with Gasteiger partial charge >= 0.3 is 0 Å². The Labute approximate surface area is 98.1 Å². The van der Waals surface area contributed by atoms with Crippen molar-refractivity contribution in [3.05, 3.63) is 47.5 Å². The number of carbonyl (C=O) groups is 1. The number of halogens is 1. The second-order valence-electron chi connectivity index (χ2n) is 3.76. The van der Waals surface area contributed by atoms with Crippen LogP contribution in [-0.2, 0) is 7.05 Å². The molecule has 1 heterocycles. The molecule has 0 fully saturated rings. The molecule has 0 bridgehead atoms. The van der Waals surface area contributed by atoms with E-state index in [9.17, 15) is 9.18 Å². The molecule has 2 aromatic rings. The number of carbonyl (C=O) groups excluding carboxylic acids is 1. The van der Waals surface area contributed by atoms with E-state index in [2.05, 4.69) is 10.4 Å². The average molecular weight is 233 g/mol. The van der Waals surface area contributed by atoms with Crippen LogP contribution in [0.1, 0.15) is 16.1 Å². The predicted molar refractivity (Wildman–Crippen MR) is 62.3 cm³/mol. The van der Waals surface area contributed by atoms with Crippen molar-refractivity contribution in [2.24, 2.45) is 7.05 Å². The predicted octanol–water partition coefficient (Wildman–Crippen LogP) is 2.12. The average Bonchev–Trinajstić information content (AvgIpc) is 2.58. The lowest BCUT2D eigenvalue weighted by molar-refractivity contribution is 0.102. The Bertz CT molecular complexity index is 545. The van der Waals surface area contributed by atoms with E-state index in [-0.39, 0.29) is 11.7 Å². The van der Waals surface area contributed by atoms with Crippen LogP contribution in [0.25, 0.3) is 0 Å². The zero-order valence-corrected chi connectivity index (χ0v) is 9.57. The Balaban J connectivity index is 2.17. The van der Waals surface area contributed by atoms with Crippen molar-refractivity contribution in [3.8, 4) is 0 Å². The minimum Gasteiger partial charge on any atom is -0.319 e. The van der Waals surface area contributed by atoms with Crippen LogP contribution in [0.15, 0.2) is 30.5 Å². The van der Waals surface area contributed by atoms with Crippen LogP contribution < -0.4 is 5.32 Å². The lowest BCUT2D eigenvalue weighted by Crippen LogP contribution is -2.12. The summed E-state index contributed by atoms with van der Waals surface area (Å²) in [5.41, 5.74) is 1.81. The summed E-state index contributed by atoms with van der Waals surface area (Å²) in [5.74, 6) is -0.639. The number of amides is 1. The quantitative estimate of drug-likeness (QED) is 0.863. The number of benzene rings is 1. The van der Waals surface area contributed by atoms with E-state index in [1.54, 1.807) is 24.9 Å². The Morgan fingerprint density at radius 2 is 2.00 bits per heavy atom. The highest BCUT2D eigenvalue weighted by Gasteiger charge is 2.09. The zero-order valence-electron chi connectivity index (χ0n) is 9.57. The second kappa shape index (κ2) is 4.37. The Hall–Kier alpha value is -2.17. The SMILES string of the molecule is Cc1nn(C)cc1NC(=O)c1ccc(F)cc1. The van der Waals surface area contributed by atoms with Crippen LogP contribution in [0.4, 0.5) is 10.1 Å². The number of anilines is 1. The standard InChI is InChI=1S/C12H12FN3O/c1-8-11(7-16(2)15-8)14-12(17)9-3-5-10(13)6-4-9/h3-7H,1-2H3,(H,14,17). The summed E-state index contributed by atoms with van der Waals surface area (Å²) < 4.78 is 14.3. The normalized spacial score (nSPS) is 10.3. The molecule has 0 radical (unpaired) electrons. The number of nitrogens with one attached hydrogen (secondary N) is 1. The Morgan fingerprint density at radius 3 is 2.53 bits per heavy atom. The van der Waals surface area contributed by atoms with Crippen molar-refractivity contribution in [3.63, 3.8) is 0 Å². The molecule has 1 aromatic carbocycles. The largest absolute Gasteiger partial charge is 0.319 e. The smallest absolute Gasteiger partial charge is 0.255 e. The maximum absolute atomic E-state index is 12.7. The molecule has 1 aromatic heterocycles. The van der Waals surface area contributed by atoms with Gasteiger partial charge in [0.1, 0.15) is 5.82 Å². The van der Waals surface area contributed by atoms with Gasteiger partial charge in [-0.2, -0.15) is 5.10 Å². The Morgan fingerprint density at radius 1 is 1.35 bits per heavy atom. The summed E-state index contributed by atoms with van der Waals surface area (Å²) in [6, 6.07) is 5.39. The molecular weight excluding hydrogens is 221 g/mol. The first-order valence-electron chi connectivity index (χ1n) is 5.13. The molecule has 0 aliphatic carbocycles. The van der Waals surface area contributed by atoms with Crippen LogP contribution in [0.3, 0.4) is 0 Å². The highest BCUT2D eigenvalue weighted by molar-refractivity contribution is 6.04. The summed E-state index contributed by atoms with van der Waals surface area (Å²) in [6.07, 6.45) is 1.72. The summed E-state index contributed by atoms with van der Waals surface area (Å²) in [4.78, 5) is 11.8. The number of hydrogen-bond donors (Lipinski definition) is 1.